The molecule has 0 aliphatic rings. The number of aromatic hydroxyl groups is 2. The van der Waals surface area contributed by atoms with Gasteiger partial charge in [-0.25, -0.2) is 0 Å². The zero-order valence-electron chi connectivity index (χ0n) is 12.3. The van der Waals surface area contributed by atoms with Gasteiger partial charge >= 0.3 is 0 Å². The summed E-state index contributed by atoms with van der Waals surface area (Å²) < 4.78 is 0. The van der Waals surface area contributed by atoms with Crippen LogP contribution in [0.25, 0.3) is 6.08 Å². The van der Waals surface area contributed by atoms with E-state index in [2.05, 4.69) is 0 Å². The first-order valence-corrected chi connectivity index (χ1v) is 6.78. The number of benzene rings is 2. The number of ketones is 2. The highest BCUT2D eigenvalue weighted by Gasteiger charge is 2.19. The maximum Gasteiger partial charge on any atom is 0.194 e. The number of hydrogen-bond donors (Lipinski definition) is 2. The molecule has 22 heavy (non-hydrogen) atoms. The molecule has 0 spiro atoms. The van der Waals surface area contributed by atoms with E-state index in [0.717, 1.165) is 0 Å². The number of phenolic OH excluding ortho intramolecular Hbond substituents is 2. The molecule has 0 aliphatic heterocycles. The van der Waals surface area contributed by atoms with E-state index < -0.39 is 5.78 Å². The first kappa shape index (κ1) is 15.5. The van der Waals surface area contributed by atoms with Crippen LogP contribution in [0.4, 0.5) is 0 Å². The van der Waals surface area contributed by atoms with E-state index in [9.17, 15) is 19.8 Å². The molecular weight excluding hydrogens is 280 g/mol. The molecule has 2 aromatic carbocycles. The molecule has 0 bridgehead atoms. The molecule has 112 valence electrons. The van der Waals surface area contributed by atoms with Crippen molar-refractivity contribution in [2.24, 2.45) is 0 Å². The van der Waals surface area contributed by atoms with Gasteiger partial charge in [0, 0.05) is 22.3 Å². The van der Waals surface area contributed by atoms with Gasteiger partial charge in [0.25, 0.3) is 0 Å². The zero-order valence-corrected chi connectivity index (χ0v) is 12.3. The SMILES string of the molecule is C/C=C/c1cc(C(C)=O)c(C(=O)c2cccc(O)c2)cc1O. The molecule has 2 N–H and O–H groups in total. The second-order valence-electron chi connectivity index (χ2n) is 4.89. The number of rotatable bonds is 4. The van der Waals surface area contributed by atoms with Crippen molar-refractivity contribution >= 4 is 17.6 Å². The smallest absolute Gasteiger partial charge is 0.194 e. The van der Waals surface area contributed by atoms with E-state index in [1.165, 1.54) is 31.2 Å². The van der Waals surface area contributed by atoms with Gasteiger partial charge in [-0.3, -0.25) is 9.59 Å². The number of carbonyl (C=O) groups is 2. The van der Waals surface area contributed by atoms with Gasteiger partial charge in [0.1, 0.15) is 11.5 Å². The Labute approximate surface area is 128 Å². The Morgan fingerprint density at radius 3 is 2.36 bits per heavy atom. The van der Waals surface area contributed by atoms with E-state index in [1.807, 2.05) is 0 Å². The van der Waals surface area contributed by atoms with Crippen LogP contribution in [-0.2, 0) is 0 Å². The maximum absolute atomic E-state index is 12.6. The van der Waals surface area contributed by atoms with E-state index in [1.54, 1.807) is 31.2 Å². The van der Waals surface area contributed by atoms with Gasteiger partial charge in [-0.15, -0.1) is 0 Å². The van der Waals surface area contributed by atoms with Crippen LogP contribution in [0.3, 0.4) is 0 Å². The molecule has 0 aromatic heterocycles. The summed E-state index contributed by atoms with van der Waals surface area (Å²) in [6, 6.07) is 8.65. The Morgan fingerprint density at radius 1 is 1.05 bits per heavy atom. The van der Waals surface area contributed by atoms with Crippen molar-refractivity contribution < 1.29 is 19.8 Å². The fourth-order valence-electron chi connectivity index (χ4n) is 2.20. The van der Waals surface area contributed by atoms with Gasteiger partial charge in [0.15, 0.2) is 11.6 Å². The number of hydrogen-bond acceptors (Lipinski definition) is 4. The van der Waals surface area contributed by atoms with Crippen LogP contribution in [0.5, 0.6) is 11.5 Å². The standard InChI is InChI=1S/C18H16O4/c1-3-5-12-9-15(11(2)19)16(10-17(12)21)18(22)13-6-4-7-14(20)8-13/h3-10,20-21H,1-2H3/b5-3+. The normalized spacial score (nSPS) is 10.8. The first-order valence-electron chi connectivity index (χ1n) is 6.78. The van der Waals surface area contributed by atoms with Gasteiger partial charge in [0.05, 0.1) is 0 Å². The highest BCUT2D eigenvalue weighted by atomic mass is 16.3. The molecule has 0 atom stereocenters. The minimum Gasteiger partial charge on any atom is -0.508 e. The van der Waals surface area contributed by atoms with Crippen LogP contribution in [0, 0.1) is 0 Å². The molecule has 4 heteroatoms. The zero-order chi connectivity index (χ0) is 16.3. The third-order valence-corrected chi connectivity index (χ3v) is 3.25. The molecule has 0 fully saturated rings. The van der Waals surface area contributed by atoms with Crippen LogP contribution in [0.1, 0.15) is 45.7 Å². The summed E-state index contributed by atoms with van der Waals surface area (Å²) in [7, 11) is 0. The molecule has 0 aliphatic carbocycles. The van der Waals surface area contributed by atoms with Crippen LogP contribution >= 0.6 is 0 Å². The second kappa shape index (κ2) is 6.26. The lowest BCUT2D eigenvalue weighted by Crippen LogP contribution is -2.09. The predicted octanol–water partition coefficient (Wildman–Crippen LogP) is 3.56. The van der Waals surface area contributed by atoms with Gasteiger partial charge in [-0.1, -0.05) is 24.3 Å². The summed E-state index contributed by atoms with van der Waals surface area (Å²) in [5, 5.41) is 19.5. The maximum atomic E-state index is 12.6. The number of Topliss-reactive ketones (excluding diaryl/α,β-unsaturated/α-hetero) is 1. The summed E-state index contributed by atoms with van der Waals surface area (Å²) in [5.41, 5.74) is 1.07. The third-order valence-electron chi connectivity index (χ3n) is 3.25. The monoisotopic (exact) mass is 296 g/mol. The van der Waals surface area contributed by atoms with Crippen molar-refractivity contribution in [1.29, 1.82) is 0 Å². The van der Waals surface area contributed by atoms with Crippen LogP contribution < -0.4 is 0 Å². The molecule has 4 nitrogen and oxygen atoms in total. The Balaban J connectivity index is 2.61. The number of phenols is 2. The molecule has 0 saturated carbocycles. The minimum absolute atomic E-state index is 0.0371. The molecular formula is C18H16O4. The van der Waals surface area contributed by atoms with Crippen molar-refractivity contribution in [3.05, 3.63) is 64.7 Å². The average Bonchev–Trinajstić information content (AvgIpc) is 2.48. The van der Waals surface area contributed by atoms with E-state index in [4.69, 9.17) is 0 Å². The summed E-state index contributed by atoms with van der Waals surface area (Å²) in [5.74, 6) is -0.811. The van der Waals surface area contributed by atoms with Crippen molar-refractivity contribution in [2.45, 2.75) is 13.8 Å². The van der Waals surface area contributed by atoms with Crippen LogP contribution in [0.2, 0.25) is 0 Å². The highest BCUT2D eigenvalue weighted by molar-refractivity contribution is 6.16. The van der Waals surface area contributed by atoms with Crippen molar-refractivity contribution in [3.63, 3.8) is 0 Å². The summed E-state index contributed by atoms with van der Waals surface area (Å²) in [6.45, 7) is 3.16. The molecule has 2 rings (SSSR count). The molecule has 0 heterocycles. The Kier molecular flexibility index (Phi) is 4.41. The predicted molar refractivity (Wildman–Crippen MR) is 84.4 cm³/mol. The third kappa shape index (κ3) is 3.06. The largest absolute Gasteiger partial charge is 0.508 e. The average molecular weight is 296 g/mol. The molecule has 0 radical (unpaired) electrons. The van der Waals surface area contributed by atoms with Gasteiger partial charge < -0.3 is 10.2 Å². The van der Waals surface area contributed by atoms with E-state index >= 15 is 0 Å². The number of allylic oxidation sites excluding steroid dienone is 1. The summed E-state index contributed by atoms with van der Waals surface area (Å²) in [6.07, 6.45) is 3.39. The Bertz CT molecular complexity index is 773. The first-order chi connectivity index (χ1) is 10.4. The van der Waals surface area contributed by atoms with Gasteiger partial charge in [-0.2, -0.15) is 0 Å². The number of carbonyl (C=O) groups excluding carboxylic acids is 2. The fourth-order valence-corrected chi connectivity index (χ4v) is 2.20. The van der Waals surface area contributed by atoms with Crippen molar-refractivity contribution in [2.75, 3.05) is 0 Å². The van der Waals surface area contributed by atoms with Gasteiger partial charge in [0.2, 0.25) is 0 Å². The molecule has 0 unspecified atom stereocenters. The minimum atomic E-state index is -0.427. The van der Waals surface area contributed by atoms with Crippen LogP contribution in [-0.4, -0.2) is 21.8 Å². The highest BCUT2D eigenvalue weighted by Crippen LogP contribution is 2.27. The lowest BCUT2D eigenvalue weighted by molar-refractivity contribution is 0.0990. The van der Waals surface area contributed by atoms with E-state index in [0.29, 0.717) is 5.56 Å². The topological polar surface area (TPSA) is 74.6 Å². The lowest BCUT2D eigenvalue weighted by atomic mass is 9.93. The molecule has 0 amide bonds. The Hall–Kier alpha value is -2.88. The fraction of sp³-hybridized carbons (Fsp3) is 0.111. The summed E-state index contributed by atoms with van der Waals surface area (Å²) >= 11 is 0. The Morgan fingerprint density at radius 2 is 1.77 bits per heavy atom. The van der Waals surface area contributed by atoms with Crippen LogP contribution in [0.15, 0.2) is 42.5 Å². The molecule has 2 aromatic rings. The second-order valence-corrected chi connectivity index (χ2v) is 4.89. The molecule has 0 saturated heterocycles. The van der Waals surface area contributed by atoms with E-state index in [-0.39, 0.29) is 34.0 Å². The van der Waals surface area contributed by atoms with Crippen molar-refractivity contribution in [3.8, 4) is 11.5 Å². The lowest BCUT2D eigenvalue weighted by Gasteiger charge is -2.10. The summed E-state index contributed by atoms with van der Waals surface area (Å²) in [4.78, 5) is 24.4. The van der Waals surface area contributed by atoms with Gasteiger partial charge in [-0.05, 0) is 38.1 Å². The van der Waals surface area contributed by atoms with Crippen molar-refractivity contribution in [1.82, 2.24) is 0 Å². The quantitative estimate of drug-likeness (QED) is 0.846.